The molecule has 0 radical (unpaired) electrons. The summed E-state index contributed by atoms with van der Waals surface area (Å²) >= 11 is 0. The van der Waals surface area contributed by atoms with Gasteiger partial charge < -0.3 is 9.73 Å². The van der Waals surface area contributed by atoms with Gasteiger partial charge in [0.05, 0.1) is 12.6 Å². The fourth-order valence-electron chi connectivity index (χ4n) is 1.91. The predicted octanol–water partition coefficient (Wildman–Crippen LogP) is 0.958. The largest absolute Gasteiger partial charge is 0.445 e. The number of oxazole rings is 1. The van der Waals surface area contributed by atoms with Gasteiger partial charge in [-0.15, -0.1) is 0 Å². The molecule has 1 atom stereocenters. The molecule has 15 heavy (non-hydrogen) atoms. The van der Waals surface area contributed by atoms with Gasteiger partial charge in [-0.2, -0.15) is 0 Å². The number of carbonyl (C=O) groups is 1. The lowest BCUT2D eigenvalue weighted by molar-refractivity contribution is -0.116. The summed E-state index contributed by atoms with van der Waals surface area (Å²) in [6.45, 7) is 3.69. The first-order chi connectivity index (χ1) is 7.24. The van der Waals surface area contributed by atoms with Gasteiger partial charge in [-0.3, -0.25) is 4.79 Å². The maximum atomic E-state index is 10.9. The Morgan fingerprint density at radius 3 is 3.27 bits per heavy atom. The summed E-state index contributed by atoms with van der Waals surface area (Å²) in [6, 6.07) is 0. The van der Waals surface area contributed by atoms with Crippen LogP contribution >= 0.6 is 0 Å². The van der Waals surface area contributed by atoms with Gasteiger partial charge in [0.2, 0.25) is 0 Å². The maximum Gasteiger partial charge on any atom is 0.194 e. The molecule has 1 fully saturated rings. The number of nitrogens with one attached hydrogen (secondary N) is 1. The van der Waals surface area contributed by atoms with Crippen LogP contribution in [-0.2, 0) is 17.6 Å². The van der Waals surface area contributed by atoms with Gasteiger partial charge in [-0.05, 0) is 32.4 Å². The van der Waals surface area contributed by atoms with E-state index < -0.39 is 0 Å². The van der Waals surface area contributed by atoms with Gasteiger partial charge in [0, 0.05) is 6.42 Å². The van der Waals surface area contributed by atoms with Crippen LogP contribution in [0.25, 0.3) is 0 Å². The number of nitrogens with zero attached hydrogens (tertiary/aromatic N) is 1. The Hall–Kier alpha value is -1.16. The first-order valence-electron chi connectivity index (χ1n) is 5.38. The molecule has 1 aromatic heterocycles. The van der Waals surface area contributed by atoms with Crippen molar-refractivity contribution in [3.05, 3.63) is 17.8 Å². The predicted molar refractivity (Wildman–Crippen MR) is 55.6 cm³/mol. The minimum atomic E-state index is 0.111. The van der Waals surface area contributed by atoms with E-state index in [1.165, 1.54) is 6.42 Å². The second kappa shape index (κ2) is 4.57. The van der Waals surface area contributed by atoms with Crippen LogP contribution in [0, 0.1) is 5.92 Å². The minimum absolute atomic E-state index is 0.111. The average Bonchev–Trinajstić information content (AvgIpc) is 2.77. The van der Waals surface area contributed by atoms with E-state index in [2.05, 4.69) is 10.3 Å². The molecule has 1 aliphatic heterocycles. The molecular weight excluding hydrogens is 192 g/mol. The summed E-state index contributed by atoms with van der Waals surface area (Å²) in [5, 5.41) is 3.31. The highest BCUT2D eigenvalue weighted by atomic mass is 16.4. The average molecular weight is 208 g/mol. The number of rotatable bonds is 4. The molecule has 1 unspecified atom stereocenters. The highest BCUT2D eigenvalue weighted by molar-refractivity contribution is 5.77. The van der Waals surface area contributed by atoms with Crippen molar-refractivity contribution in [1.82, 2.24) is 10.3 Å². The quantitative estimate of drug-likeness (QED) is 0.800. The van der Waals surface area contributed by atoms with Crippen LogP contribution in [0.3, 0.4) is 0 Å². The zero-order valence-corrected chi connectivity index (χ0v) is 8.95. The molecule has 1 aromatic rings. The van der Waals surface area contributed by atoms with Gasteiger partial charge in [0.25, 0.3) is 0 Å². The molecule has 2 heterocycles. The second-order valence-electron chi connectivity index (χ2n) is 4.16. The lowest BCUT2D eigenvalue weighted by Crippen LogP contribution is -2.10. The van der Waals surface area contributed by atoms with Crippen LogP contribution in [0.1, 0.15) is 25.0 Å². The van der Waals surface area contributed by atoms with Crippen LogP contribution in [0.5, 0.6) is 0 Å². The van der Waals surface area contributed by atoms with Crippen molar-refractivity contribution in [1.29, 1.82) is 0 Å². The van der Waals surface area contributed by atoms with E-state index in [0.29, 0.717) is 18.1 Å². The Labute approximate surface area is 89.1 Å². The lowest BCUT2D eigenvalue weighted by Gasteiger charge is -2.02. The molecule has 0 spiro atoms. The fraction of sp³-hybridized carbons (Fsp3) is 0.636. The third kappa shape index (κ3) is 2.89. The SMILES string of the molecule is CC(=O)Cc1cnc(CC2CCNC2)o1. The summed E-state index contributed by atoms with van der Waals surface area (Å²) in [5.41, 5.74) is 0. The third-order valence-electron chi connectivity index (χ3n) is 2.65. The van der Waals surface area contributed by atoms with E-state index >= 15 is 0 Å². The van der Waals surface area contributed by atoms with Crippen molar-refractivity contribution in [3.63, 3.8) is 0 Å². The topological polar surface area (TPSA) is 55.1 Å². The van der Waals surface area contributed by atoms with Gasteiger partial charge in [-0.1, -0.05) is 0 Å². The Bertz CT molecular complexity index is 340. The molecule has 0 aromatic carbocycles. The van der Waals surface area contributed by atoms with Crippen molar-refractivity contribution >= 4 is 5.78 Å². The molecule has 1 saturated heterocycles. The van der Waals surface area contributed by atoms with Crippen LogP contribution in [0.15, 0.2) is 10.6 Å². The van der Waals surface area contributed by atoms with Crippen molar-refractivity contribution in [2.75, 3.05) is 13.1 Å². The van der Waals surface area contributed by atoms with E-state index in [1.807, 2.05) is 0 Å². The molecule has 0 saturated carbocycles. The van der Waals surface area contributed by atoms with Gasteiger partial charge in [0.15, 0.2) is 5.89 Å². The summed E-state index contributed by atoms with van der Waals surface area (Å²) in [7, 11) is 0. The van der Waals surface area contributed by atoms with Crippen molar-refractivity contribution in [2.45, 2.75) is 26.2 Å². The molecule has 4 nitrogen and oxygen atoms in total. The van der Waals surface area contributed by atoms with Gasteiger partial charge >= 0.3 is 0 Å². The summed E-state index contributed by atoms with van der Waals surface area (Å²) in [4.78, 5) is 15.1. The van der Waals surface area contributed by atoms with Crippen molar-refractivity contribution < 1.29 is 9.21 Å². The molecule has 0 amide bonds. The molecule has 1 aliphatic rings. The van der Waals surface area contributed by atoms with Gasteiger partial charge in [0.1, 0.15) is 11.5 Å². The highest BCUT2D eigenvalue weighted by Gasteiger charge is 2.17. The Balaban J connectivity index is 1.91. The molecule has 0 bridgehead atoms. The molecule has 2 rings (SSSR count). The Morgan fingerprint density at radius 1 is 1.73 bits per heavy atom. The second-order valence-corrected chi connectivity index (χ2v) is 4.16. The number of carbonyl (C=O) groups excluding carboxylic acids is 1. The number of hydrogen-bond acceptors (Lipinski definition) is 4. The Morgan fingerprint density at radius 2 is 2.60 bits per heavy atom. The molecule has 0 aliphatic carbocycles. The summed E-state index contributed by atoms with van der Waals surface area (Å²) in [5.74, 6) is 2.19. The molecule has 4 heteroatoms. The minimum Gasteiger partial charge on any atom is -0.445 e. The lowest BCUT2D eigenvalue weighted by atomic mass is 10.1. The normalized spacial score (nSPS) is 20.7. The number of hydrogen-bond donors (Lipinski definition) is 1. The molecule has 1 N–H and O–H groups in total. The first kappa shape index (κ1) is 10.4. The highest BCUT2D eigenvalue weighted by Crippen LogP contribution is 2.15. The summed E-state index contributed by atoms with van der Waals surface area (Å²) < 4.78 is 5.50. The fourth-order valence-corrected chi connectivity index (χ4v) is 1.91. The van der Waals surface area contributed by atoms with E-state index in [9.17, 15) is 4.79 Å². The molecular formula is C11H16N2O2. The van der Waals surface area contributed by atoms with E-state index in [-0.39, 0.29) is 5.78 Å². The van der Waals surface area contributed by atoms with E-state index in [1.54, 1.807) is 13.1 Å². The zero-order valence-electron chi connectivity index (χ0n) is 8.95. The monoisotopic (exact) mass is 208 g/mol. The zero-order chi connectivity index (χ0) is 10.7. The number of Topliss-reactive ketones (excluding diaryl/α,β-unsaturated/α-hetero) is 1. The number of ketones is 1. The maximum absolute atomic E-state index is 10.9. The first-order valence-corrected chi connectivity index (χ1v) is 5.38. The van der Waals surface area contributed by atoms with E-state index in [4.69, 9.17) is 4.42 Å². The number of aromatic nitrogens is 1. The standard InChI is InChI=1S/C11H16N2O2/c1-8(14)4-10-7-13-11(15-10)5-9-2-3-12-6-9/h7,9,12H,2-6H2,1H3. The van der Waals surface area contributed by atoms with Gasteiger partial charge in [-0.25, -0.2) is 4.98 Å². The van der Waals surface area contributed by atoms with E-state index in [0.717, 1.165) is 25.4 Å². The van der Waals surface area contributed by atoms with Crippen molar-refractivity contribution in [3.8, 4) is 0 Å². The van der Waals surface area contributed by atoms with Crippen LogP contribution in [0.2, 0.25) is 0 Å². The smallest absolute Gasteiger partial charge is 0.194 e. The Kier molecular flexibility index (Phi) is 3.16. The van der Waals surface area contributed by atoms with Crippen LogP contribution in [0.4, 0.5) is 0 Å². The molecule has 82 valence electrons. The summed E-state index contributed by atoms with van der Waals surface area (Å²) in [6.07, 6.45) is 4.09. The van der Waals surface area contributed by atoms with Crippen LogP contribution < -0.4 is 5.32 Å². The van der Waals surface area contributed by atoms with Crippen molar-refractivity contribution in [2.24, 2.45) is 5.92 Å². The van der Waals surface area contributed by atoms with Crippen LogP contribution in [-0.4, -0.2) is 23.9 Å². The third-order valence-corrected chi connectivity index (χ3v) is 2.65.